The highest BCUT2D eigenvalue weighted by Crippen LogP contribution is 2.18. The van der Waals surface area contributed by atoms with Gasteiger partial charge in [-0.05, 0) is 31.4 Å². The van der Waals surface area contributed by atoms with Gasteiger partial charge < -0.3 is 10.2 Å². The summed E-state index contributed by atoms with van der Waals surface area (Å²) in [7, 11) is 0. The van der Waals surface area contributed by atoms with Crippen molar-refractivity contribution in [3.63, 3.8) is 0 Å². The Bertz CT molecular complexity index is 546. The van der Waals surface area contributed by atoms with E-state index >= 15 is 0 Å². The van der Waals surface area contributed by atoms with Crippen molar-refractivity contribution in [1.82, 2.24) is 15.3 Å². The quantitative estimate of drug-likeness (QED) is 0.922. The molecule has 3 heterocycles. The topological polar surface area (TPSA) is 41.1 Å². The van der Waals surface area contributed by atoms with Crippen molar-refractivity contribution < 1.29 is 0 Å². The van der Waals surface area contributed by atoms with Crippen LogP contribution in [0.25, 0.3) is 0 Å². The Hall–Kier alpha value is -1.46. The Morgan fingerprint density at radius 3 is 2.81 bits per heavy atom. The first-order valence-corrected chi connectivity index (χ1v) is 8.49. The summed E-state index contributed by atoms with van der Waals surface area (Å²) in [5.74, 6) is 1.10. The molecule has 0 bridgehead atoms. The molecule has 3 rings (SSSR count). The predicted octanol–water partition coefficient (Wildman–Crippen LogP) is 2.86. The first-order valence-electron chi connectivity index (χ1n) is 7.68. The lowest BCUT2D eigenvalue weighted by Crippen LogP contribution is -2.42. The van der Waals surface area contributed by atoms with Gasteiger partial charge in [0.15, 0.2) is 0 Å². The van der Waals surface area contributed by atoms with Gasteiger partial charge in [0, 0.05) is 42.9 Å². The fraction of sp³-hybridized carbons (Fsp3) is 0.500. The van der Waals surface area contributed by atoms with Crippen molar-refractivity contribution in [1.29, 1.82) is 0 Å². The SMILES string of the molecule is CCc1ncc(CNC2CCN(c3ccccn3)CC2)s1. The summed E-state index contributed by atoms with van der Waals surface area (Å²) in [5, 5.41) is 4.90. The number of hydrogen-bond acceptors (Lipinski definition) is 5. The van der Waals surface area contributed by atoms with Gasteiger partial charge in [0.05, 0.1) is 5.01 Å². The average molecular weight is 302 g/mol. The minimum atomic E-state index is 0.608. The smallest absolute Gasteiger partial charge is 0.128 e. The Kier molecular flexibility index (Phi) is 4.83. The number of pyridine rings is 1. The number of aromatic nitrogens is 2. The second-order valence-corrected chi connectivity index (χ2v) is 6.60. The highest BCUT2D eigenvalue weighted by Gasteiger charge is 2.19. The van der Waals surface area contributed by atoms with Crippen LogP contribution in [0.3, 0.4) is 0 Å². The Morgan fingerprint density at radius 1 is 1.29 bits per heavy atom. The number of rotatable bonds is 5. The Balaban J connectivity index is 1.45. The molecule has 0 unspecified atom stereocenters. The molecule has 1 fully saturated rings. The second-order valence-electron chi connectivity index (χ2n) is 5.40. The van der Waals surface area contributed by atoms with E-state index in [1.165, 1.54) is 22.7 Å². The highest BCUT2D eigenvalue weighted by atomic mass is 32.1. The maximum absolute atomic E-state index is 4.43. The first-order chi connectivity index (χ1) is 10.3. The number of thiazole rings is 1. The highest BCUT2D eigenvalue weighted by molar-refractivity contribution is 7.11. The summed E-state index contributed by atoms with van der Waals surface area (Å²) in [6.45, 7) is 5.27. The maximum atomic E-state index is 4.43. The lowest BCUT2D eigenvalue weighted by Gasteiger charge is -2.33. The van der Waals surface area contributed by atoms with Gasteiger partial charge in [0.25, 0.3) is 0 Å². The lowest BCUT2D eigenvalue weighted by atomic mass is 10.1. The Morgan fingerprint density at radius 2 is 2.14 bits per heavy atom. The largest absolute Gasteiger partial charge is 0.357 e. The van der Waals surface area contributed by atoms with Crippen LogP contribution in [0.5, 0.6) is 0 Å². The van der Waals surface area contributed by atoms with Crippen LogP contribution in [-0.2, 0) is 13.0 Å². The van der Waals surface area contributed by atoms with Gasteiger partial charge >= 0.3 is 0 Å². The summed E-state index contributed by atoms with van der Waals surface area (Å²) in [4.78, 5) is 12.6. The normalized spacial score (nSPS) is 16.3. The zero-order valence-corrected chi connectivity index (χ0v) is 13.3. The fourth-order valence-electron chi connectivity index (χ4n) is 2.69. The van der Waals surface area contributed by atoms with Crippen LogP contribution in [0.2, 0.25) is 0 Å². The molecule has 0 radical (unpaired) electrons. The zero-order valence-electron chi connectivity index (χ0n) is 12.5. The van der Waals surface area contributed by atoms with E-state index in [-0.39, 0.29) is 0 Å². The van der Waals surface area contributed by atoms with Crippen LogP contribution in [-0.4, -0.2) is 29.1 Å². The molecule has 0 spiro atoms. The molecule has 1 aliphatic heterocycles. The van der Waals surface area contributed by atoms with E-state index in [9.17, 15) is 0 Å². The van der Waals surface area contributed by atoms with Gasteiger partial charge in [-0.25, -0.2) is 9.97 Å². The monoisotopic (exact) mass is 302 g/mol. The number of piperidine rings is 1. The lowest BCUT2D eigenvalue weighted by molar-refractivity contribution is 0.414. The van der Waals surface area contributed by atoms with Gasteiger partial charge in [-0.1, -0.05) is 13.0 Å². The van der Waals surface area contributed by atoms with E-state index in [4.69, 9.17) is 0 Å². The Labute approximate surface area is 130 Å². The van der Waals surface area contributed by atoms with Crippen LogP contribution in [0.4, 0.5) is 5.82 Å². The van der Waals surface area contributed by atoms with E-state index in [1.54, 1.807) is 0 Å². The predicted molar refractivity (Wildman–Crippen MR) is 87.8 cm³/mol. The second kappa shape index (κ2) is 7.00. The van der Waals surface area contributed by atoms with E-state index < -0.39 is 0 Å². The number of hydrogen-bond donors (Lipinski definition) is 1. The van der Waals surface area contributed by atoms with Crippen LogP contribution in [0, 0.1) is 0 Å². The van der Waals surface area contributed by atoms with Crippen LogP contribution in [0.1, 0.15) is 29.7 Å². The van der Waals surface area contributed by atoms with E-state index in [0.29, 0.717) is 6.04 Å². The molecular weight excluding hydrogens is 280 g/mol. The van der Waals surface area contributed by atoms with Crippen molar-refractivity contribution in [3.8, 4) is 0 Å². The van der Waals surface area contributed by atoms with Gasteiger partial charge in [0.1, 0.15) is 5.82 Å². The van der Waals surface area contributed by atoms with Crippen molar-refractivity contribution in [2.24, 2.45) is 0 Å². The molecule has 4 nitrogen and oxygen atoms in total. The molecular formula is C16H22N4S. The van der Waals surface area contributed by atoms with Crippen molar-refractivity contribution in [3.05, 3.63) is 40.5 Å². The third-order valence-corrected chi connectivity index (χ3v) is 5.08. The van der Waals surface area contributed by atoms with E-state index in [0.717, 1.165) is 31.9 Å². The molecule has 0 atom stereocenters. The molecule has 112 valence electrons. The molecule has 2 aromatic rings. The number of nitrogens with one attached hydrogen (secondary N) is 1. The van der Waals surface area contributed by atoms with Crippen LogP contribution < -0.4 is 10.2 Å². The molecule has 1 N–H and O–H groups in total. The van der Waals surface area contributed by atoms with Crippen molar-refractivity contribution in [2.45, 2.75) is 38.8 Å². The van der Waals surface area contributed by atoms with E-state index in [1.807, 2.05) is 29.8 Å². The summed E-state index contributed by atoms with van der Waals surface area (Å²) in [5.41, 5.74) is 0. The number of anilines is 1. The molecule has 2 aromatic heterocycles. The summed E-state index contributed by atoms with van der Waals surface area (Å²) in [6, 6.07) is 6.73. The van der Waals surface area contributed by atoms with E-state index in [2.05, 4.69) is 39.2 Å². The molecule has 1 aliphatic rings. The van der Waals surface area contributed by atoms with Gasteiger partial charge in [-0.2, -0.15) is 0 Å². The van der Waals surface area contributed by atoms with Gasteiger partial charge in [0.2, 0.25) is 0 Å². The molecule has 0 amide bonds. The number of nitrogens with zero attached hydrogens (tertiary/aromatic N) is 3. The molecule has 21 heavy (non-hydrogen) atoms. The summed E-state index contributed by atoms with van der Waals surface area (Å²) >= 11 is 1.82. The van der Waals surface area contributed by atoms with Crippen molar-refractivity contribution in [2.75, 3.05) is 18.0 Å². The maximum Gasteiger partial charge on any atom is 0.128 e. The van der Waals surface area contributed by atoms with Crippen LogP contribution >= 0.6 is 11.3 Å². The third-order valence-electron chi connectivity index (χ3n) is 3.94. The molecule has 5 heteroatoms. The minimum Gasteiger partial charge on any atom is -0.357 e. The van der Waals surface area contributed by atoms with Crippen molar-refractivity contribution >= 4 is 17.2 Å². The molecule has 0 aromatic carbocycles. The standard InChI is InChI=1S/C16H22N4S/c1-2-16-19-12-14(21-16)11-18-13-6-9-20(10-7-13)15-5-3-4-8-17-15/h3-5,8,12-13,18H,2,6-7,9-11H2,1H3. The summed E-state index contributed by atoms with van der Waals surface area (Å²) in [6.07, 6.45) is 7.27. The van der Waals surface area contributed by atoms with Gasteiger partial charge in [-0.3, -0.25) is 0 Å². The average Bonchev–Trinajstić information content (AvgIpc) is 3.02. The zero-order chi connectivity index (χ0) is 14.5. The van der Waals surface area contributed by atoms with Gasteiger partial charge in [-0.15, -0.1) is 11.3 Å². The fourth-order valence-corrected chi connectivity index (χ4v) is 3.50. The number of aryl methyl sites for hydroxylation is 1. The minimum absolute atomic E-state index is 0.608. The first kappa shape index (κ1) is 14.5. The third kappa shape index (κ3) is 3.80. The summed E-state index contributed by atoms with van der Waals surface area (Å²) < 4.78 is 0. The molecule has 1 saturated heterocycles. The molecule has 0 aliphatic carbocycles. The van der Waals surface area contributed by atoms with Crippen LogP contribution in [0.15, 0.2) is 30.6 Å². The molecule has 0 saturated carbocycles.